The lowest BCUT2D eigenvalue weighted by Crippen LogP contribution is -2.52. The predicted molar refractivity (Wildman–Crippen MR) is 121 cm³/mol. The van der Waals surface area contributed by atoms with E-state index in [-0.39, 0.29) is 18.9 Å². The third kappa shape index (κ3) is 7.50. The molecule has 1 aliphatic rings. The number of nitrogens with zero attached hydrogens (tertiary/aromatic N) is 2. The van der Waals surface area contributed by atoms with Crippen molar-refractivity contribution in [2.24, 2.45) is 0 Å². The molecule has 2 aromatic rings. The standard InChI is InChI=1S/C24H29N3O6/c1-32-23(29)21(25-22(28)16-26-11-13-27(14-12-26)24(30)31)15-18-7-9-20(10-8-18)33-17-19-5-3-2-4-6-19/h2-10,21H,11-17H2,1H3,(H,25,28)(H,30,31)/t21-/m0/s1. The van der Waals surface area contributed by atoms with Crippen LogP contribution in [0.4, 0.5) is 4.79 Å². The quantitative estimate of drug-likeness (QED) is 0.555. The van der Waals surface area contributed by atoms with Crippen molar-refractivity contribution in [2.75, 3.05) is 39.8 Å². The van der Waals surface area contributed by atoms with E-state index in [4.69, 9.17) is 14.6 Å². The Kier molecular flexibility index (Phi) is 8.65. The van der Waals surface area contributed by atoms with Gasteiger partial charge in [0.1, 0.15) is 18.4 Å². The van der Waals surface area contributed by atoms with Gasteiger partial charge in [-0.1, -0.05) is 42.5 Å². The van der Waals surface area contributed by atoms with Crippen LogP contribution in [0, 0.1) is 0 Å². The summed E-state index contributed by atoms with van der Waals surface area (Å²) < 4.78 is 10.6. The molecule has 1 aliphatic heterocycles. The molecule has 1 heterocycles. The fraction of sp³-hybridized carbons (Fsp3) is 0.375. The largest absolute Gasteiger partial charge is 0.489 e. The molecule has 9 nitrogen and oxygen atoms in total. The van der Waals surface area contributed by atoms with Crippen molar-refractivity contribution >= 4 is 18.0 Å². The summed E-state index contributed by atoms with van der Waals surface area (Å²) in [6.45, 7) is 2.18. The van der Waals surface area contributed by atoms with Crippen LogP contribution in [0.5, 0.6) is 5.75 Å². The Hall–Kier alpha value is -3.59. The summed E-state index contributed by atoms with van der Waals surface area (Å²) in [5.74, 6) is -0.123. The highest BCUT2D eigenvalue weighted by molar-refractivity contribution is 5.85. The molecule has 0 bridgehead atoms. The molecule has 176 valence electrons. The van der Waals surface area contributed by atoms with E-state index in [0.717, 1.165) is 11.1 Å². The maximum Gasteiger partial charge on any atom is 0.407 e. The van der Waals surface area contributed by atoms with Crippen molar-refractivity contribution in [3.8, 4) is 5.75 Å². The van der Waals surface area contributed by atoms with E-state index >= 15 is 0 Å². The maximum atomic E-state index is 12.5. The summed E-state index contributed by atoms with van der Waals surface area (Å²) in [5.41, 5.74) is 1.92. The number of methoxy groups -OCH3 is 1. The second-order valence-corrected chi connectivity index (χ2v) is 7.81. The lowest BCUT2D eigenvalue weighted by molar-refractivity contribution is -0.145. The Labute approximate surface area is 192 Å². The van der Waals surface area contributed by atoms with Crippen LogP contribution >= 0.6 is 0 Å². The first-order chi connectivity index (χ1) is 15.9. The summed E-state index contributed by atoms with van der Waals surface area (Å²) in [4.78, 5) is 38.9. The SMILES string of the molecule is COC(=O)[C@H](Cc1ccc(OCc2ccccc2)cc1)NC(=O)CN1CCN(C(=O)O)CC1. The number of carboxylic acid groups (broad SMARTS) is 1. The highest BCUT2D eigenvalue weighted by atomic mass is 16.5. The number of ether oxygens (including phenoxy) is 2. The van der Waals surface area contributed by atoms with E-state index in [1.54, 1.807) is 0 Å². The van der Waals surface area contributed by atoms with E-state index in [2.05, 4.69) is 5.32 Å². The van der Waals surface area contributed by atoms with E-state index in [1.807, 2.05) is 59.5 Å². The van der Waals surface area contributed by atoms with E-state index in [0.29, 0.717) is 38.5 Å². The molecule has 1 atom stereocenters. The molecule has 2 aromatic carbocycles. The van der Waals surface area contributed by atoms with Gasteiger partial charge >= 0.3 is 12.1 Å². The van der Waals surface area contributed by atoms with Crippen molar-refractivity contribution in [1.29, 1.82) is 0 Å². The number of benzene rings is 2. The molecule has 1 fully saturated rings. The van der Waals surface area contributed by atoms with E-state index < -0.39 is 18.1 Å². The van der Waals surface area contributed by atoms with Gasteiger partial charge in [0.2, 0.25) is 5.91 Å². The van der Waals surface area contributed by atoms with Gasteiger partial charge in [0.25, 0.3) is 0 Å². The van der Waals surface area contributed by atoms with Crippen molar-refractivity contribution in [3.63, 3.8) is 0 Å². The smallest absolute Gasteiger partial charge is 0.407 e. The summed E-state index contributed by atoms with van der Waals surface area (Å²) in [6.07, 6.45) is -0.675. The molecule has 33 heavy (non-hydrogen) atoms. The molecule has 0 aromatic heterocycles. The Morgan fingerprint density at radius 1 is 0.970 bits per heavy atom. The second-order valence-electron chi connectivity index (χ2n) is 7.81. The number of piperazine rings is 1. The van der Waals surface area contributed by atoms with Crippen LogP contribution in [0.1, 0.15) is 11.1 Å². The highest BCUT2D eigenvalue weighted by Gasteiger charge is 2.25. The minimum absolute atomic E-state index is 0.0905. The van der Waals surface area contributed by atoms with Gasteiger partial charge in [0.15, 0.2) is 0 Å². The molecule has 9 heteroatoms. The van der Waals surface area contributed by atoms with Crippen LogP contribution in [-0.2, 0) is 27.4 Å². The van der Waals surface area contributed by atoms with Gasteiger partial charge in [0, 0.05) is 32.6 Å². The monoisotopic (exact) mass is 455 g/mol. The molecule has 3 rings (SSSR count). The molecule has 0 saturated carbocycles. The zero-order chi connectivity index (χ0) is 23.6. The van der Waals surface area contributed by atoms with Gasteiger partial charge in [-0.15, -0.1) is 0 Å². The number of amides is 2. The Morgan fingerprint density at radius 2 is 1.64 bits per heavy atom. The van der Waals surface area contributed by atoms with Gasteiger partial charge in [0.05, 0.1) is 13.7 Å². The van der Waals surface area contributed by atoms with Crippen LogP contribution in [0.25, 0.3) is 0 Å². The van der Waals surface area contributed by atoms with Crippen LogP contribution < -0.4 is 10.1 Å². The minimum atomic E-state index is -0.957. The number of hydrogen-bond donors (Lipinski definition) is 2. The number of hydrogen-bond acceptors (Lipinski definition) is 6. The van der Waals surface area contributed by atoms with Gasteiger partial charge in [-0.2, -0.15) is 0 Å². The predicted octanol–water partition coefficient (Wildman–Crippen LogP) is 1.76. The van der Waals surface area contributed by atoms with Gasteiger partial charge in [-0.05, 0) is 23.3 Å². The van der Waals surface area contributed by atoms with Crippen molar-refractivity contribution < 1.29 is 29.0 Å². The van der Waals surface area contributed by atoms with Crippen molar-refractivity contribution in [2.45, 2.75) is 19.1 Å². The van der Waals surface area contributed by atoms with Gasteiger partial charge in [-0.3, -0.25) is 9.69 Å². The molecule has 2 N–H and O–H groups in total. The van der Waals surface area contributed by atoms with E-state index in [1.165, 1.54) is 12.0 Å². The zero-order valence-electron chi connectivity index (χ0n) is 18.6. The summed E-state index contributed by atoms with van der Waals surface area (Å²) >= 11 is 0. The molecule has 2 amide bonds. The first-order valence-electron chi connectivity index (χ1n) is 10.8. The molecule has 0 aliphatic carbocycles. The maximum absolute atomic E-state index is 12.5. The van der Waals surface area contributed by atoms with E-state index in [9.17, 15) is 14.4 Å². The van der Waals surface area contributed by atoms with Gasteiger partial charge in [-0.25, -0.2) is 9.59 Å². The number of esters is 1. The Bertz CT molecular complexity index is 927. The average Bonchev–Trinajstić information content (AvgIpc) is 2.83. The Balaban J connectivity index is 1.51. The highest BCUT2D eigenvalue weighted by Crippen LogP contribution is 2.16. The number of carbonyl (C=O) groups excluding carboxylic acids is 2. The molecule has 0 spiro atoms. The summed E-state index contributed by atoms with van der Waals surface area (Å²) in [5, 5.41) is 11.8. The molecule has 0 radical (unpaired) electrons. The van der Waals surface area contributed by atoms with Crippen LogP contribution in [0.2, 0.25) is 0 Å². The lowest BCUT2D eigenvalue weighted by Gasteiger charge is -2.32. The summed E-state index contributed by atoms with van der Waals surface area (Å²) in [6, 6.07) is 16.4. The molecular formula is C24H29N3O6. The van der Waals surface area contributed by atoms with Crippen LogP contribution in [0.15, 0.2) is 54.6 Å². The topological polar surface area (TPSA) is 108 Å². The fourth-order valence-corrected chi connectivity index (χ4v) is 3.57. The summed E-state index contributed by atoms with van der Waals surface area (Å²) in [7, 11) is 1.28. The number of rotatable bonds is 9. The van der Waals surface area contributed by atoms with Crippen molar-refractivity contribution in [1.82, 2.24) is 15.1 Å². The fourth-order valence-electron chi connectivity index (χ4n) is 3.57. The first-order valence-corrected chi connectivity index (χ1v) is 10.8. The average molecular weight is 456 g/mol. The first kappa shape index (κ1) is 24.1. The molecule has 1 saturated heterocycles. The van der Waals surface area contributed by atoms with Crippen LogP contribution in [0.3, 0.4) is 0 Å². The minimum Gasteiger partial charge on any atom is -0.489 e. The van der Waals surface area contributed by atoms with Gasteiger partial charge < -0.3 is 24.8 Å². The lowest BCUT2D eigenvalue weighted by atomic mass is 10.1. The zero-order valence-corrected chi connectivity index (χ0v) is 18.6. The molecule has 0 unspecified atom stereocenters. The third-order valence-corrected chi connectivity index (χ3v) is 5.44. The normalized spacial score (nSPS) is 14.9. The number of carbonyl (C=O) groups is 3. The Morgan fingerprint density at radius 3 is 2.24 bits per heavy atom. The third-order valence-electron chi connectivity index (χ3n) is 5.44. The molecular weight excluding hydrogens is 426 g/mol. The van der Waals surface area contributed by atoms with Crippen LogP contribution in [-0.4, -0.2) is 78.8 Å². The second kappa shape index (κ2) is 11.9. The number of nitrogens with one attached hydrogen (secondary N) is 1. The van der Waals surface area contributed by atoms with Crippen molar-refractivity contribution in [3.05, 3.63) is 65.7 Å².